The summed E-state index contributed by atoms with van der Waals surface area (Å²) in [7, 11) is 0. The largest absolute Gasteiger partial charge is 0.462 e. The molecule has 2 atom stereocenters. The predicted octanol–water partition coefficient (Wildman–Crippen LogP) is 3.24. The molecular formula is C14H16F2O2. The molecule has 1 heterocycles. The van der Waals surface area contributed by atoms with E-state index in [0.717, 1.165) is 12.5 Å². The summed E-state index contributed by atoms with van der Waals surface area (Å²) in [4.78, 5) is 11.4. The molecule has 1 aromatic carbocycles. The molecule has 0 radical (unpaired) electrons. The van der Waals surface area contributed by atoms with Gasteiger partial charge in [-0.2, -0.15) is 0 Å². The molecule has 4 heteroatoms. The maximum Gasteiger partial charge on any atom is 0.309 e. The zero-order valence-electron chi connectivity index (χ0n) is 10.3. The van der Waals surface area contributed by atoms with Gasteiger partial charge in [-0.25, -0.2) is 8.78 Å². The van der Waals surface area contributed by atoms with Gasteiger partial charge in [0.05, 0.1) is 5.92 Å². The van der Waals surface area contributed by atoms with Crippen molar-refractivity contribution in [1.29, 1.82) is 0 Å². The molecule has 1 saturated heterocycles. The van der Waals surface area contributed by atoms with E-state index < -0.39 is 11.6 Å². The fraction of sp³-hybridized carbons (Fsp3) is 0.500. The van der Waals surface area contributed by atoms with Gasteiger partial charge in [-0.05, 0) is 43.4 Å². The maximum absolute atomic E-state index is 13.0. The van der Waals surface area contributed by atoms with Gasteiger partial charge in [0, 0.05) is 6.07 Å². The van der Waals surface area contributed by atoms with Crippen LogP contribution in [0.2, 0.25) is 0 Å². The lowest BCUT2D eigenvalue weighted by molar-refractivity contribution is -0.144. The number of rotatable bonds is 4. The van der Waals surface area contributed by atoms with E-state index in [4.69, 9.17) is 4.74 Å². The second kappa shape index (κ2) is 5.46. The third-order valence-corrected chi connectivity index (χ3v) is 3.33. The van der Waals surface area contributed by atoms with E-state index in [1.54, 1.807) is 0 Å². The molecule has 1 fully saturated rings. The smallest absolute Gasteiger partial charge is 0.309 e. The molecule has 1 aromatic rings. The number of ether oxygens (including phenoxy) is 1. The number of benzene rings is 1. The second-order valence-electron chi connectivity index (χ2n) is 4.72. The Morgan fingerprint density at radius 3 is 2.50 bits per heavy atom. The van der Waals surface area contributed by atoms with Crippen molar-refractivity contribution < 1.29 is 18.3 Å². The Kier molecular flexibility index (Phi) is 3.94. The molecule has 0 N–H and O–H groups in total. The van der Waals surface area contributed by atoms with Crippen molar-refractivity contribution in [1.82, 2.24) is 0 Å². The van der Waals surface area contributed by atoms with E-state index in [9.17, 15) is 13.6 Å². The molecule has 0 amide bonds. The molecule has 0 aliphatic carbocycles. The van der Waals surface area contributed by atoms with E-state index in [1.165, 1.54) is 12.1 Å². The molecular weight excluding hydrogens is 238 g/mol. The highest BCUT2D eigenvalue weighted by atomic mass is 19.1. The van der Waals surface area contributed by atoms with Gasteiger partial charge in [-0.1, -0.05) is 6.92 Å². The van der Waals surface area contributed by atoms with Crippen LogP contribution in [0.3, 0.4) is 0 Å². The van der Waals surface area contributed by atoms with E-state index in [0.29, 0.717) is 24.8 Å². The molecule has 98 valence electrons. The van der Waals surface area contributed by atoms with E-state index in [1.807, 2.05) is 6.92 Å². The monoisotopic (exact) mass is 254 g/mol. The van der Waals surface area contributed by atoms with E-state index in [2.05, 4.69) is 0 Å². The predicted molar refractivity (Wildman–Crippen MR) is 63.0 cm³/mol. The Morgan fingerprint density at radius 1 is 1.28 bits per heavy atom. The molecule has 0 bridgehead atoms. The van der Waals surface area contributed by atoms with Gasteiger partial charge in [0.2, 0.25) is 0 Å². The number of hydrogen-bond donors (Lipinski definition) is 0. The first-order chi connectivity index (χ1) is 8.58. The molecule has 0 aromatic heterocycles. The van der Waals surface area contributed by atoms with Crippen molar-refractivity contribution in [3.05, 3.63) is 35.4 Å². The van der Waals surface area contributed by atoms with Crippen LogP contribution >= 0.6 is 0 Å². The number of carbonyl (C=O) groups is 1. The van der Waals surface area contributed by atoms with Crippen LogP contribution in [0.15, 0.2) is 18.2 Å². The summed E-state index contributed by atoms with van der Waals surface area (Å²) in [6.07, 6.45) is 2.51. The Hall–Kier alpha value is -1.45. The minimum absolute atomic E-state index is 0.0146. The highest BCUT2D eigenvalue weighted by molar-refractivity contribution is 5.74. The van der Waals surface area contributed by atoms with Crippen molar-refractivity contribution in [2.45, 2.75) is 38.7 Å². The zero-order chi connectivity index (χ0) is 13.1. The zero-order valence-corrected chi connectivity index (χ0v) is 10.3. The van der Waals surface area contributed by atoms with Crippen molar-refractivity contribution in [3.8, 4) is 0 Å². The molecule has 2 rings (SSSR count). The van der Waals surface area contributed by atoms with Gasteiger partial charge in [-0.15, -0.1) is 0 Å². The SMILES string of the molecule is CC[C@@H]1C[C@H](CCc2cc(F)cc(F)c2)OC1=O. The fourth-order valence-electron chi connectivity index (χ4n) is 2.32. The third kappa shape index (κ3) is 3.06. The average molecular weight is 254 g/mol. The lowest BCUT2D eigenvalue weighted by Crippen LogP contribution is -2.08. The Morgan fingerprint density at radius 2 is 1.94 bits per heavy atom. The Balaban J connectivity index is 1.90. The van der Waals surface area contributed by atoms with Crippen LogP contribution in [0.4, 0.5) is 8.78 Å². The molecule has 1 aliphatic rings. The first-order valence-electron chi connectivity index (χ1n) is 6.24. The van der Waals surface area contributed by atoms with Crippen LogP contribution in [-0.4, -0.2) is 12.1 Å². The minimum atomic E-state index is -0.570. The van der Waals surface area contributed by atoms with Gasteiger partial charge in [0.15, 0.2) is 0 Å². The van der Waals surface area contributed by atoms with Gasteiger partial charge < -0.3 is 4.74 Å². The van der Waals surface area contributed by atoms with Gasteiger partial charge in [0.25, 0.3) is 0 Å². The molecule has 0 saturated carbocycles. The fourth-order valence-corrected chi connectivity index (χ4v) is 2.32. The first kappa shape index (κ1) is 13.0. The summed E-state index contributed by atoms with van der Waals surface area (Å²) in [5.41, 5.74) is 0.600. The van der Waals surface area contributed by atoms with Crippen LogP contribution in [0.25, 0.3) is 0 Å². The average Bonchev–Trinajstić information content (AvgIpc) is 2.66. The number of aryl methyl sites for hydroxylation is 1. The summed E-state index contributed by atoms with van der Waals surface area (Å²) in [6.45, 7) is 1.95. The quantitative estimate of drug-likeness (QED) is 0.771. The summed E-state index contributed by atoms with van der Waals surface area (Å²) in [6, 6.07) is 3.49. The number of cyclic esters (lactones) is 1. The van der Waals surface area contributed by atoms with Crippen LogP contribution in [0, 0.1) is 17.6 Å². The number of hydrogen-bond acceptors (Lipinski definition) is 2. The second-order valence-corrected chi connectivity index (χ2v) is 4.72. The van der Waals surface area contributed by atoms with Crippen molar-refractivity contribution in [2.24, 2.45) is 5.92 Å². The lowest BCUT2D eigenvalue weighted by Gasteiger charge is -2.08. The highest BCUT2D eigenvalue weighted by Crippen LogP contribution is 2.26. The normalized spacial score (nSPS) is 23.2. The number of carbonyl (C=O) groups excluding carboxylic acids is 1. The van der Waals surface area contributed by atoms with Gasteiger partial charge in [0.1, 0.15) is 17.7 Å². The number of esters is 1. The first-order valence-corrected chi connectivity index (χ1v) is 6.24. The topological polar surface area (TPSA) is 26.3 Å². The van der Waals surface area contributed by atoms with Crippen LogP contribution in [0.5, 0.6) is 0 Å². The molecule has 0 unspecified atom stereocenters. The van der Waals surface area contributed by atoms with Crippen LogP contribution < -0.4 is 0 Å². The Bertz CT molecular complexity index is 425. The Labute approximate surface area is 105 Å². The summed E-state index contributed by atoms with van der Waals surface area (Å²) in [5.74, 6) is -1.30. The van der Waals surface area contributed by atoms with Crippen LogP contribution in [-0.2, 0) is 16.0 Å². The third-order valence-electron chi connectivity index (χ3n) is 3.33. The van der Waals surface area contributed by atoms with Crippen molar-refractivity contribution in [3.63, 3.8) is 0 Å². The van der Waals surface area contributed by atoms with Crippen molar-refractivity contribution in [2.75, 3.05) is 0 Å². The summed E-state index contributed by atoms with van der Waals surface area (Å²) in [5, 5.41) is 0. The minimum Gasteiger partial charge on any atom is -0.462 e. The van der Waals surface area contributed by atoms with Crippen molar-refractivity contribution >= 4 is 5.97 Å². The molecule has 2 nitrogen and oxygen atoms in total. The van der Waals surface area contributed by atoms with E-state index >= 15 is 0 Å². The number of halogens is 2. The summed E-state index contributed by atoms with van der Waals surface area (Å²) < 4.78 is 31.2. The van der Waals surface area contributed by atoms with Gasteiger partial charge in [-0.3, -0.25) is 4.79 Å². The summed E-state index contributed by atoms with van der Waals surface area (Å²) >= 11 is 0. The molecule has 18 heavy (non-hydrogen) atoms. The maximum atomic E-state index is 13.0. The highest BCUT2D eigenvalue weighted by Gasteiger charge is 2.32. The molecule has 0 spiro atoms. The van der Waals surface area contributed by atoms with Gasteiger partial charge >= 0.3 is 5.97 Å². The molecule has 1 aliphatic heterocycles. The lowest BCUT2D eigenvalue weighted by atomic mass is 9.98. The van der Waals surface area contributed by atoms with E-state index in [-0.39, 0.29) is 18.0 Å². The van der Waals surface area contributed by atoms with Crippen LogP contribution in [0.1, 0.15) is 31.7 Å². The standard InChI is InChI=1S/C14H16F2O2/c1-2-10-7-13(18-14(10)17)4-3-9-5-11(15)8-12(16)6-9/h5-6,8,10,13H,2-4,7H2,1H3/t10-,13+/m1/s1.